The highest BCUT2D eigenvalue weighted by molar-refractivity contribution is 6.31. The molecule has 0 aromatic carbocycles. The molecule has 3 rings (SSSR count). The number of amides is 3. The van der Waals surface area contributed by atoms with Gasteiger partial charge < -0.3 is 50.2 Å². The van der Waals surface area contributed by atoms with Gasteiger partial charge in [-0.1, -0.05) is 6.92 Å². The van der Waals surface area contributed by atoms with E-state index in [4.69, 9.17) is 52.4 Å². The number of alkyl carbamates (subject to hydrolysis) is 3. The van der Waals surface area contributed by atoms with Crippen molar-refractivity contribution >= 4 is 65.3 Å². The minimum Gasteiger partial charge on any atom is -0.444 e. The van der Waals surface area contributed by atoms with Gasteiger partial charge in [-0.25, -0.2) is 14.4 Å². The quantitative estimate of drug-likeness (QED) is 0.149. The molecule has 1 aliphatic rings. The third kappa shape index (κ3) is 18.6. The van der Waals surface area contributed by atoms with E-state index in [9.17, 15) is 14.4 Å². The monoisotopic (exact) mass is 841 g/mol. The van der Waals surface area contributed by atoms with Crippen molar-refractivity contribution in [1.82, 2.24) is 45.9 Å². The highest BCUT2D eigenvalue weighted by Crippen LogP contribution is 2.25. The number of hydrogen-bond acceptors (Lipinski definition) is 16. The number of rotatable bonds is 17. The highest BCUT2D eigenvalue weighted by atomic mass is 35.5. The average Bonchev–Trinajstić information content (AvgIpc) is 3.07. The Labute approximate surface area is 346 Å². The summed E-state index contributed by atoms with van der Waals surface area (Å²) in [6.07, 6.45) is 0.780. The molecule has 3 amide bonds. The van der Waals surface area contributed by atoms with Crippen LogP contribution < -0.4 is 36.0 Å². The molecule has 2 aromatic heterocycles. The van der Waals surface area contributed by atoms with E-state index < -0.39 is 35.1 Å². The van der Waals surface area contributed by atoms with E-state index in [0.717, 1.165) is 19.3 Å². The molecule has 0 aliphatic carbocycles. The minimum absolute atomic E-state index is 0.0155. The second-order valence-electron chi connectivity index (χ2n) is 16.5. The standard InChI is InChI=1S/C36H61Cl2N13O6/c1-11-17-49(20-14-39-31(52)55-34(2,3)4)28-46-29(50-18-12-24(13-19-50)23-42-27-44-25(37)43-26(38)45-27)48-30(47-28)51(21-15-40-32(53)56-35(5,6)7)22-16-41-33(54)57-36(8,9)10/h24H,11-23H2,1-10H3,(H,39,52)(H,40,53)(H,41,54)(H,42,43,44,45). The first-order valence-corrected chi connectivity index (χ1v) is 20.1. The van der Waals surface area contributed by atoms with Crippen LogP contribution in [-0.4, -0.2) is 130 Å². The van der Waals surface area contributed by atoms with Gasteiger partial charge in [0.15, 0.2) is 0 Å². The molecule has 1 saturated heterocycles. The Morgan fingerprint density at radius 2 is 1.05 bits per heavy atom. The molecule has 0 atom stereocenters. The molecule has 4 N–H and O–H groups in total. The van der Waals surface area contributed by atoms with Crippen LogP contribution in [-0.2, 0) is 14.2 Å². The number of nitrogens with one attached hydrogen (secondary N) is 4. The summed E-state index contributed by atoms with van der Waals surface area (Å²) in [5, 5.41) is 11.7. The van der Waals surface area contributed by atoms with E-state index in [1.54, 1.807) is 41.5 Å². The second-order valence-corrected chi connectivity index (χ2v) is 17.2. The van der Waals surface area contributed by atoms with E-state index in [2.05, 4.69) is 41.1 Å². The van der Waals surface area contributed by atoms with Crippen molar-refractivity contribution in [3.63, 3.8) is 0 Å². The highest BCUT2D eigenvalue weighted by Gasteiger charge is 2.26. The number of carbonyl (C=O) groups excluding carboxylic acids is 3. The van der Waals surface area contributed by atoms with Crippen molar-refractivity contribution < 1.29 is 28.6 Å². The maximum atomic E-state index is 12.6. The van der Waals surface area contributed by atoms with Gasteiger partial charge in [0.2, 0.25) is 34.4 Å². The lowest BCUT2D eigenvalue weighted by Gasteiger charge is -2.33. The predicted molar refractivity (Wildman–Crippen MR) is 221 cm³/mol. The van der Waals surface area contributed by atoms with Crippen LogP contribution >= 0.6 is 23.2 Å². The number of carbonyl (C=O) groups is 3. The Morgan fingerprint density at radius 3 is 1.44 bits per heavy atom. The molecule has 3 heterocycles. The fourth-order valence-electron chi connectivity index (χ4n) is 5.46. The summed E-state index contributed by atoms with van der Waals surface area (Å²) in [6.45, 7) is 22.4. The molecule has 19 nitrogen and oxygen atoms in total. The minimum atomic E-state index is -0.669. The largest absolute Gasteiger partial charge is 0.444 e. The number of aromatic nitrogens is 6. The van der Waals surface area contributed by atoms with Gasteiger partial charge in [0.1, 0.15) is 16.8 Å². The summed E-state index contributed by atoms with van der Waals surface area (Å²) < 4.78 is 16.3. The molecule has 21 heteroatoms. The van der Waals surface area contributed by atoms with E-state index in [0.29, 0.717) is 62.4 Å². The summed E-state index contributed by atoms with van der Waals surface area (Å²) in [4.78, 5) is 70.4. The number of nitrogens with zero attached hydrogens (tertiary/aromatic N) is 9. The van der Waals surface area contributed by atoms with Crippen LogP contribution in [0.4, 0.5) is 38.2 Å². The number of hydrogen-bond donors (Lipinski definition) is 4. The first kappa shape index (κ1) is 47.0. The van der Waals surface area contributed by atoms with Gasteiger partial charge in [0, 0.05) is 65.4 Å². The maximum Gasteiger partial charge on any atom is 0.407 e. The van der Waals surface area contributed by atoms with Crippen molar-refractivity contribution in [2.75, 3.05) is 85.5 Å². The predicted octanol–water partition coefficient (Wildman–Crippen LogP) is 5.29. The van der Waals surface area contributed by atoms with Crippen molar-refractivity contribution in [2.45, 2.75) is 105 Å². The van der Waals surface area contributed by atoms with Crippen LogP contribution in [0.5, 0.6) is 0 Å². The molecular formula is C36H61Cl2N13O6. The Bertz CT molecular complexity index is 1560. The van der Waals surface area contributed by atoms with E-state index >= 15 is 0 Å². The molecule has 2 aromatic rings. The molecular weight excluding hydrogens is 781 g/mol. The van der Waals surface area contributed by atoms with Crippen molar-refractivity contribution in [2.24, 2.45) is 5.92 Å². The molecule has 0 saturated carbocycles. The molecule has 0 radical (unpaired) electrons. The Kier molecular flexibility index (Phi) is 17.6. The van der Waals surface area contributed by atoms with Crippen LogP contribution in [0, 0.1) is 5.92 Å². The molecule has 320 valence electrons. The van der Waals surface area contributed by atoms with Crippen LogP contribution in [0.15, 0.2) is 0 Å². The van der Waals surface area contributed by atoms with E-state index in [-0.39, 0.29) is 43.3 Å². The lowest BCUT2D eigenvalue weighted by Crippen LogP contribution is -2.43. The normalized spacial score (nSPS) is 13.7. The molecule has 1 fully saturated rings. The topological polar surface area (TPSA) is 214 Å². The molecule has 1 aliphatic heterocycles. The molecule has 0 spiro atoms. The Balaban J connectivity index is 1.89. The van der Waals surface area contributed by atoms with Crippen molar-refractivity contribution in [3.05, 3.63) is 10.6 Å². The van der Waals surface area contributed by atoms with Gasteiger partial charge in [-0.15, -0.1) is 0 Å². The first-order valence-electron chi connectivity index (χ1n) is 19.3. The average molecular weight is 843 g/mol. The van der Waals surface area contributed by atoms with Gasteiger partial charge in [-0.3, -0.25) is 0 Å². The second kappa shape index (κ2) is 21.4. The zero-order chi connectivity index (χ0) is 42.4. The third-order valence-corrected chi connectivity index (χ3v) is 8.17. The number of ether oxygens (including phenoxy) is 3. The van der Waals surface area contributed by atoms with Gasteiger partial charge >= 0.3 is 18.3 Å². The SMILES string of the molecule is CCCN(CCNC(=O)OC(C)(C)C)c1nc(N(CCNC(=O)OC(C)(C)C)CCNC(=O)OC(C)(C)C)nc(N2CCC(CNc3nc(Cl)nc(Cl)n3)CC2)n1. The summed E-state index contributed by atoms with van der Waals surface area (Å²) in [7, 11) is 0. The maximum absolute atomic E-state index is 12.6. The Hall–Kier alpha value is -4.39. The summed E-state index contributed by atoms with van der Waals surface area (Å²) in [5.74, 6) is 1.85. The van der Waals surface area contributed by atoms with Crippen molar-refractivity contribution in [1.29, 1.82) is 0 Å². The van der Waals surface area contributed by atoms with Gasteiger partial charge in [-0.2, -0.15) is 29.9 Å². The lowest BCUT2D eigenvalue weighted by atomic mass is 9.97. The van der Waals surface area contributed by atoms with Crippen LogP contribution in [0.3, 0.4) is 0 Å². The zero-order valence-corrected chi connectivity index (χ0v) is 36.5. The summed E-state index contributed by atoms with van der Waals surface area (Å²) in [5.41, 5.74) is -1.97. The third-order valence-electron chi connectivity index (χ3n) is 7.84. The number of piperidine rings is 1. The molecule has 57 heavy (non-hydrogen) atoms. The molecule has 0 bridgehead atoms. The fourth-order valence-corrected chi connectivity index (χ4v) is 5.82. The molecule has 0 unspecified atom stereocenters. The first-order chi connectivity index (χ1) is 26.6. The number of anilines is 4. The number of halogens is 2. The van der Waals surface area contributed by atoms with Gasteiger partial charge in [0.05, 0.1) is 0 Å². The summed E-state index contributed by atoms with van der Waals surface area (Å²) in [6, 6.07) is 0. The van der Waals surface area contributed by atoms with Crippen LogP contribution in [0.25, 0.3) is 0 Å². The van der Waals surface area contributed by atoms with Gasteiger partial charge in [-0.05, 0) is 111 Å². The van der Waals surface area contributed by atoms with Crippen LogP contribution in [0.1, 0.15) is 88.5 Å². The van der Waals surface area contributed by atoms with Crippen molar-refractivity contribution in [3.8, 4) is 0 Å². The van der Waals surface area contributed by atoms with E-state index in [1.807, 2.05) is 37.5 Å². The van der Waals surface area contributed by atoms with E-state index in [1.165, 1.54) is 0 Å². The van der Waals surface area contributed by atoms with Gasteiger partial charge in [0.25, 0.3) is 0 Å². The Morgan fingerprint density at radius 1 is 0.649 bits per heavy atom. The smallest absolute Gasteiger partial charge is 0.407 e. The summed E-state index contributed by atoms with van der Waals surface area (Å²) >= 11 is 11.9. The fraction of sp³-hybridized carbons (Fsp3) is 0.750. The van der Waals surface area contributed by atoms with Crippen LogP contribution in [0.2, 0.25) is 10.6 Å². The lowest BCUT2D eigenvalue weighted by molar-refractivity contribution is 0.0516. The zero-order valence-electron chi connectivity index (χ0n) is 35.0.